The molecule has 0 saturated heterocycles. The first-order valence-electron chi connectivity index (χ1n) is 10.2. The van der Waals surface area contributed by atoms with Gasteiger partial charge in [0.05, 0.1) is 43.5 Å². The third kappa shape index (κ3) is 4.86. The zero-order valence-corrected chi connectivity index (χ0v) is 18.7. The van der Waals surface area contributed by atoms with Gasteiger partial charge in [0.2, 0.25) is 0 Å². The van der Waals surface area contributed by atoms with Crippen molar-refractivity contribution in [3.05, 3.63) is 53.6 Å². The van der Waals surface area contributed by atoms with Crippen LogP contribution < -0.4 is 14.5 Å². The molecule has 0 spiro atoms. The molecule has 2 aromatic carbocycles. The summed E-state index contributed by atoms with van der Waals surface area (Å²) in [6.45, 7) is 9.23. The number of Topliss-reactive ketones (excluding diaryl/α,β-unsaturated/α-hetero) is 1. The standard InChI is InChI=1S/C23H27N3O3S/c1-5-25(6-2)13-14-26(22(28)18-9-7-17(8-10-18)16(3)27)23-24-20-12-11-19(29-4)15-21(20)30-23/h7-12,15H,5-6,13-14H2,1-4H3/p+1. The van der Waals surface area contributed by atoms with Crippen LogP contribution in [0.25, 0.3) is 10.2 Å². The first-order valence-corrected chi connectivity index (χ1v) is 11.0. The molecule has 0 radical (unpaired) electrons. The summed E-state index contributed by atoms with van der Waals surface area (Å²) in [4.78, 5) is 32.8. The fourth-order valence-corrected chi connectivity index (χ4v) is 4.31. The maximum Gasteiger partial charge on any atom is 0.260 e. The highest BCUT2D eigenvalue weighted by atomic mass is 32.1. The van der Waals surface area contributed by atoms with Crippen molar-refractivity contribution in [3.8, 4) is 5.75 Å². The molecule has 1 aromatic heterocycles. The number of benzene rings is 2. The summed E-state index contributed by atoms with van der Waals surface area (Å²) in [5.41, 5.74) is 1.99. The lowest BCUT2D eigenvalue weighted by atomic mass is 10.1. The van der Waals surface area contributed by atoms with Gasteiger partial charge < -0.3 is 9.64 Å². The Morgan fingerprint density at radius 2 is 1.73 bits per heavy atom. The van der Waals surface area contributed by atoms with Crippen LogP contribution in [0.5, 0.6) is 5.75 Å². The number of carbonyl (C=O) groups excluding carboxylic acids is 2. The molecular formula is C23H28N3O3S+. The lowest BCUT2D eigenvalue weighted by Crippen LogP contribution is -3.12. The number of rotatable bonds is 9. The molecule has 0 aliphatic heterocycles. The van der Waals surface area contributed by atoms with Gasteiger partial charge in [0.1, 0.15) is 5.75 Å². The van der Waals surface area contributed by atoms with E-state index in [-0.39, 0.29) is 11.7 Å². The predicted molar refractivity (Wildman–Crippen MR) is 121 cm³/mol. The Bertz CT molecular complexity index is 1030. The predicted octanol–water partition coefficient (Wildman–Crippen LogP) is 3.08. The van der Waals surface area contributed by atoms with Gasteiger partial charge in [-0.15, -0.1) is 0 Å². The summed E-state index contributed by atoms with van der Waals surface area (Å²) in [7, 11) is 1.64. The van der Waals surface area contributed by atoms with Gasteiger partial charge in [-0.05, 0) is 51.1 Å². The maximum atomic E-state index is 13.4. The second kappa shape index (κ2) is 9.82. The van der Waals surface area contributed by atoms with Crippen LogP contribution in [0.15, 0.2) is 42.5 Å². The Labute approximate surface area is 181 Å². The zero-order chi connectivity index (χ0) is 21.7. The number of amides is 1. The van der Waals surface area contributed by atoms with Crippen LogP contribution in [0.3, 0.4) is 0 Å². The number of ketones is 1. The number of hydrogen-bond donors (Lipinski definition) is 1. The van der Waals surface area contributed by atoms with E-state index in [1.807, 2.05) is 18.2 Å². The minimum atomic E-state index is -0.109. The van der Waals surface area contributed by atoms with Gasteiger partial charge in [-0.3, -0.25) is 14.5 Å². The fraction of sp³-hybridized carbons (Fsp3) is 0.348. The third-order valence-corrected chi connectivity index (χ3v) is 6.33. The zero-order valence-electron chi connectivity index (χ0n) is 17.9. The molecule has 30 heavy (non-hydrogen) atoms. The van der Waals surface area contributed by atoms with E-state index in [4.69, 9.17) is 9.72 Å². The fourth-order valence-electron chi connectivity index (χ4n) is 3.30. The van der Waals surface area contributed by atoms with Gasteiger partial charge in [0.25, 0.3) is 5.91 Å². The number of nitrogens with one attached hydrogen (secondary N) is 1. The number of likely N-dealkylation sites (N-methyl/N-ethyl adjacent to an activating group) is 1. The van der Waals surface area contributed by atoms with E-state index in [1.165, 1.54) is 23.2 Å². The quantitative estimate of drug-likeness (QED) is 0.534. The number of aromatic nitrogens is 1. The van der Waals surface area contributed by atoms with Gasteiger partial charge in [0, 0.05) is 11.1 Å². The molecule has 0 bridgehead atoms. The molecule has 1 amide bonds. The first kappa shape index (κ1) is 21.9. The highest BCUT2D eigenvalue weighted by molar-refractivity contribution is 7.22. The molecule has 158 valence electrons. The van der Waals surface area contributed by atoms with Crippen LogP contribution >= 0.6 is 11.3 Å². The highest BCUT2D eigenvalue weighted by Crippen LogP contribution is 2.32. The number of thiazole rings is 1. The van der Waals surface area contributed by atoms with Crippen molar-refractivity contribution in [2.45, 2.75) is 20.8 Å². The van der Waals surface area contributed by atoms with Crippen LogP contribution in [0.1, 0.15) is 41.5 Å². The van der Waals surface area contributed by atoms with Crippen molar-refractivity contribution >= 4 is 38.4 Å². The number of carbonyl (C=O) groups is 2. The summed E-state index contributed by atoms with van der Waals surface area (Å²) in [6, 6.07) is 12.6. The van der Waals surface area contributed by atoms with Crippen molar-refractivity contribution in [2.75, 3.05) is 38.2 Å². The van der Waals surface area contributed by atoms with Crippen LogP contribution in [-0.2, 0) is 0 Å². The summed E-state index contributed by atoms with van der Waals surface area (Å²) in [5, 5.41) is 0.672. The van der Waals surface area contributed by atoms with Crippen LogP contribution in [0, 0.1) is 0 Å². The van der Waals surface area contributed by atoms with E-state index in [0.29, 0.717) is 22.8 Å². The smallest absolute Gasteiger partial charge is 0.260 e. The van der Waals surface area contributed by atoms with Crippen molar-refractivity contribution in [1.82, 2.24) is 4.98 Å². The summed E-state index contributed by atoms with van der Waals surface area (Å²) in [5.74, 6) is 0.641. The molecule has 3 rings (SSSR count). The van der Waals surface area contributed by atoms with Gasteiger partial charge >= 0.3 is 0 Å². The molecule has 0 saturated carbocycles. The van der Waals surface area contributed by atoms with Crippen molar-refractivity contribution < 1.29 is 19.2 Å². The topological polar surface area (TPSA) is 63.9 Å². The van der Waals surface area contributed by atoms with Gasteiger partial charge in [-0.2, -0.15) is 0 Å². The second-order valence-electron chi connectivity index (χ2n) is 7.13. The van der Waals surface area contributed by atoms with Gasteiger partial charge in [-0.25, -0.2) is 4.98 Å². The number of hydrogen-bond acceptors (Lipinski definition) is 5. The minimum Gasteiger partial charge on any atom is -0.497 e. The van der Waals surface area contributed by atoms with Crippen LogP contribution in [-0.4, -0.2) is 50.0 Å². The molecule has 0 aliphatic carbocycles. The second-order valence-corrected chi connectivity index (χ2v) is 8.14. The van der Waals surface area contributed by atoms with Crippen molar-refractivity contribution in [1.29, 1.82) is 0 Å². The minimum absolute atomic E-state index is 0.0175. The third-order valence-electron chi connectivity index (χ3n) is 5.29. The Hall–Kier alpha value is -2.77. The number of quaternary nitrogens is 1. The summed E-state index contributed by atoms with van der Waals surface area (Å²) in [6.07, 6.45) is 0. The average Bonchev–Trinajstić information content (AvgIpc) is 3.19. The number of anilines is 1. The summed E-state index contributed by atoms with van der Waals surface area (Å²) >= 11 is 1.48. The first-order chi connectivity index (χ1) is 14.5. The molecule has 1 heterocycles. The molecule has 7 heteroatoms. The molecule has 1 N–H and O–H groups in total. The molecule has 3 aromatic rings. The normalized spacial score (nSPS) is 11.1. The molecular weight excluding hydrogens is 398 g/mol. The van der Waals surface area contributed by atoms with Gasteiger partial charge in [-0.1, -0.05) is 23.5 Å². The number of fused-ring (bicyclic) bond motifs is 1. The number of nitrogens with zero attached hydrogens (tertiary/aromatic N) is 2. The monoisotopic (exact) mass is 426 g/mol. The van der Waals surface area contributed by atoms with E-state index >= 15 is 0 Å². The molecule has 0 unspecified atom stereocenters. The van der Waals surface area contributed by atoms with E-state index in [1.54, 1.807) is 36.3 Å². The van der Waals surface area contributed by atoms with Gasteiger partial charge in [0.15, 0.2) is 10.9 Å². The van der Waals surface area contributed by atoms with E-state index in [9.17, 15) is 9.59 Å². The Balaban J connectivity index is 1.95. The molecule has 0 atom stereocenters. The van der Waals surface area contributed by atoms with E-state index in [2.05, 4.69) is 13.8 Å². The van der Waals surface area contributed by atoms with E-state index in [0.717, 1.165) is 35.6 Å². The Morgan fingerprint density at radius 1 is 1.07 bits per heavy atom. The summed E-state index contributed by atoms with van der Waals surface area (Å²) < 4.78 is 6.29. The molecule has 6 nitrogen and oxygen atoms in total. The average molecular weight is 427 g/mol. The maximum absolute atomic E-state index is 13.4. The highest BCUT2D eigenvalue weighted by Gasteiger charge is 2.23. The van der Waals surface area contributed by atoms with E-state index < -0.39 is 0 Å². The number of methoxy groups -OCH3 is 1. The Morgan fingerprint density at radius 3 is 2.33 bits per heavy atom. The van der Waals surface area contributed by atoms with Crippen molar-refractivity contribution in [2.24, 2.45) is 0 Å². The molecule has 0 fully saturated rings. The van der Waals surface area contributed by atoms with Crippen LogP contribution in [0.2, 0.25) is 0 Å². The van der Waals surface area contributed by atoms with Crippen molar-refractivity contribution in [3.63, 3.8) is 0 Å². The lowest BCUT2D eigenvalue weighted by molar-refractivity contribution is -0.894. The lowest BCUT2D eigenvalue weighted by Gasteiger charge is -2.23. The molecule has 0 aliphatic rings. The SMILES string of the molecule is CC[NH+](CC)CCN(C(=O)c1ccc(C(C)=O)cc1)c1nc2ccc(OC)cc2s1. The van der Waals surface area contributed by atoms with Crippen LogP contribution in [0.4, 0.5) is 5.13 Å². The number of ether oxygens (including phenoxy) is 1. The largest absolute Gasteiger partial charge is 0.497 e. The Kier molecular flexibility index (Phi) is 7.18.